The molecule has 5 heteroatoms. The lowest BCUT2D eigenvalue weighted by Crippen LogP contribution is -2.53. The van der Waals surface area contributed by atoms with Crippen molar-refractivity contribution in [3.8, 4) is 0 Å². The molecule has 1 fully saturated rings. The van der Waals surface area contributed by atoms with Crippen molar-refractivity contribution >= 4 is 17.7 Å². The first kappa shape index (κ1) is 17.6. The van der Waals surface area contributed by atoms with E-state index < -0.39 is 5.60 Å². The van der Waals surface area contributed by atoms with E-state index >= 15 is 0 Å². The monoisotopic (exact) mass is 301 g/mol. The first-order valence-electron chi connectivity index (χ1n) is 7.88. The Morgan fingerprint density at radius 3 is 2.65 bits per heavy atom. The molecule has 1 rings (SSSR count). The smallest absolute Gasteiger partial charge is 0.191 e. The fraction of sp³-hybridized carbons (Fsp3) is 0.933. The van der Waals surface area contributed by atoms with E-state index in [-0.39, 0.29) is 0 Å². The number of aliphatic hydroxyl groups is 1. The fourth-order valence-electron chi connectivity index (χ4n) is 2.25. The van der Waals surface area contributed by atoms with Crippen molar-refractivity contribution in [1.82, 2.24) is 10.6 Å². The molecular formula is C15H31N3OS. The van der Waals surface area contributed by atoms with Crippen molar-refractivity contribution in [3.63, 3.8) is 0 Å². The topological polar surface area (TPSA) is 56.7 Å². The van der Waals surface area contributed by atoms with Gasteiger partial charge in [0, 0.05) is 18.3 Å². The lowest BCUT2D eigenvalue weighted by Gasteiger charge is -2.44. The molecule has 4 nitrogen and oxygen atoms in total. The van der Waals surface area contributed by atoms with E-state index in [1.807, 2.05) is 11.8 Å². The van der Waals surface area contributed by atoms with Crippen LogP contribution in [0.25, 0.3) is 0 Å². The number of nitrogens with zero attached hydrogens (tertiary/aromatic N) is 1. The molecule has 2 atom stereocenters. The third kappa shape index (κ3) is 5.52. The minimum absolute atomic E-state index is 0.356. The van der Waals surface area contributed by atoms with Crippen LogP contribution in [0.3, 0.4) is 0 Å². The summed E-state index contributed by atoms with van der Waals surface area (Å²) in [5.74, 6) is 2.57. The maximum Gasteiger partial charge on any atom is 0.191 e. The van der Waals surface area contributed by atoms with E-state index in [2.05, 4.69) is 43.3 Å². The molecule has 0 radical (unpaired) electrons. The first-order valence-corrected chi connectivity index (χ1v) is 8.92. The SMILES string of the molecule is CCNC(=NCC1(O)CCC1SCC)NCCC(C)C. The van der Waals surface area contributed by atoms with Crippen LogP contribution in [0.2, 0.25) is 0 Å². The van der Waals surface area contributed by atoms with E-state index in [0.29, 0.717) is 17.7 Å². The molecule has 0 aromatic carbocycles. The van der Waals surface area contributed by atoms with Crippen LogP contribution in [-0.2, 0) is 0 Å². The maximum atomic E-state index is 10.5. The molecule has 3 N–H and O–H groups in total. The number of thioether (sulfide) groups is 1. The van der Waals surface area contributed by atoms with Crippen molar-refractivity contribution in [3.05, 3.63) is 0 Å². The van der Waals surface area contributed by atoms with Gasteiger partial charge in [-0.3, -0.25) is 4.99 Å². The highest BCUT2D eigenvalue weighted by atomic mass is 32.2. The molecule has 0 aromatic heterocycles. The molecule has 1 aliphatic rings. The number of hydrogen-bond donors (Lipinski definition) is 3. The molecule has 0 bridgehead atoms. The summed E-state index contributed by atoms with van der Waals surface area (Å²) in [6, 6.07) is 0. The van der Waals surface area contributed by atoms with Crippen LogP contribution in [0, 0.1) is 5.92 Å². The third-order valence-electron chi connectivity index (χ3n) is 3.68. The maximum absolute atomic E-state index is 10.5. The Kier molecular flexibility index (Phi) is 7.74. The zero-order valence-electron chi connectivity index (χ0n) is 13.4. The number of rotatable bonds is 8. The molecule has 0 spiro atoms. The van der Waals surface area contributed by atoms with Crippen LogP contribution in [-0.4, -0.2) is 47.3 Å². The van der Waals surface area contributed by atoms with Gasteiger partial charge in [0.1, 0.15) is 0 Å². The summed E-state index contributed by atoms with van der Waals surface area (Å²) in [5, 5.41) is 17.5. The fourth-order valence-corrected chi connectivity index (χ4v) is 3.44. The number of nitrogens with one attached hydrogen (secondary N) is 2. The second-order valence-corrected chi connectivity index (χ2v) is 7.37. The van der Waals surface area contributed by atoms with E-state index in [1.54, 1.807) is 0 Å². The Bertz CT molecular complexity index is 309. The highest BCUT2D eigenvalue weighted by molar-refractivity contribution is 8.00. The van der Waals surface area contributed by atoms with Crippen LogP contribution < -0.4 is 10.6 Å². The van der Waals surface area contributed by atoms with Crippen LogP contribution in [0.5, 0.6) is 0 Å². The summed E-state index contributed by atoms with van der Waals surface area (Å²) in [6.45, 7) is 10.9. The van der Waals surface area contributed by atoms with Gasteiger partial charge in [-0.05, 0) is 37.9 Å². The molecule has 20 heavy (non-hydrogen) atoms. The summed E-state index contributed by atoms with van der Waals surface area (Å²) in [7, 11) is 0. The summed E-state index contributed by atoms with van der Waals surface area (Å²) in [6.07, 6.45) is 3.12. The van der Waals surface area contributed by atoms with Crippen molar-refractivity contribution in [2.45, 2.75) is 57.8 Å². The molecule has 2 unspecified atom stereocenters. The van der Waals surface area contributed by atoms with Crippen molar-refractivity contribution in [1.29, 1.82) is 0 Å². The Hall–Kier alpha value is -0.420. The standard InChI is InChI=1S/C15H31N3OS/c1-5-16-14(17-10-8-12(3)4)18-11-15(19)9-7-13(15)20-6-2/h12-13,19H,5-11H2,1-4H3,(H2,16,17,18). The highest BCUT2D eigenvalue weighted by Crippen LogP contribution is 2.41. The number of hydrogen-bond acceptors (Lipinski definition) is 3. The predicted octanol–water partition coefficient (Wildman–Crippen LogP) is 2.23. The lowest BCUT2D eigenvalue weighted by molar-refractivity contribution is -0.0154. The Balaban J connectivity index is 2.45. The van der Waals surface area contributed by atoms with E-state index in [4.69, 9.17) is 0 Å². The van der Waals surface area contributed by atoms with Crippen LogP contribution in [0.4, 0.5) is 0 Å². The van der Waals surface area contributed by atoms with Gasteiger partial charge < -0.3 is 15.7 Å². The Morgan fingerprint density at radius 2 is 2.15 bits per heavy atom. The quantitative estimate of drug-likeness (QED) is 0.475. The molecule has 0 aliphatic heterocycles. The van der Waals surface area contributed by atoms with Gasteiger partial charge in [0.15, 0.2) is 5.96 Å². The molecule has 1 saturated carbocycles. The van der Waals surface area contributed by atoms with Gasteiger partial charge in [-0.15, -0.1) is 0 Å². The second-order valence-electron chi connectivity index (χ2n) is 5.89. The number of guanidine groups is 1. The summed E-state index contributed by atoms with van der Waals surface area (Å²) < 4.78 is 0. The zero-order chi connectivity index (χ0) is 15.0. The molecule has 118 valence electrons. The molecular weight excluding hydrogens is 270 g/mol. The normalized spacial score (nSPS) is 26.5. The van der Waals surface area contributed by atoms with Gasteiger partial charge in [0.2, 0.25) is 0 Å². The van der Waals surface area contributed by atoms with Gasteiger partial charge in [-0.1, -0.05) is 20.8 Å². The zero-order valence-corrected chi connectivity index (χ0v) is 14.2. The molecule has 0 amide bonds. The average Bonchev–Trinajstić information content (AvgIpc) is 2.40. The van der Waals surface area contributed by atoms with Crippen molar-refractivity contribution in [2.75, 3.05) is 25.4 Å². The Labute approximate surface area is 128 Å². The largest absolute Gasteiger partial charge is 0.387 e. The van der Waals surface area contributed by atoms with E-state index in [0.717, 1.165) is 44.1 Å². The minimum Gasteiger partial charge on any atom is -0.387 e. The summed E-state index contributed by atoms with van der Waals surface area (Å²) >= 11 is 1.85. The van der Waals surface area contributed by atoms with Crippen LogP contribution in [0.1, 0.15) is 47.0 Å². The molecule has 0 heterocycles. The van der Waals surface area contributed by atoms with Crippen LogP contribution >= 0.6 is 11.8 Å². The number of aliphatic imine (C=N–C) groups is 1. The molecule has 0 aromatic rings. The third-order valence-corrected chi connectivity index (χ3v) is 5.09. The summed E-state index contributed by atoms with van der Waals surface area (Å²) in [5.41, 5.74) is -0.596. The van der Waals surface area contributed by atoms with Gasteiger partial charge in [0.25, 0.3) is 0 Å². The van der Waals surface area contributed by atoms with Gasteiger partial charge in [-0.2, -0.15) is 11.8 Å². The van der Waals surface area contributed by atoms with Crippen molar-refractivity contribution in [2.24, 2.45) is 10.9 Å². The summed E-state index contributed by atoms with van der Waals surface area (Å²) in [4.78, 5) is 4.57. The molecule has 0 saturated heterocycles. The van der Waals surface area contributed by atoms with Gasteiger partial charge in [-0.25, -0.2) is 0 Å². The average molecular weight is 302 g/mol. The highest BCUT2D eigenvalue weighted by Gasteiger charge is 2.45. The minimum atomic E-state index is -0.596. The Morgan fingerprint density at radius 1 is 1.40 bits per heavy atom. The van der Waals surface area contributed by atoms with E-state index in [1.165, 1.54) is 0 Å². The van der Waals surface area contributed by atoms with Crippen LogP contribution in [0.15, 0.2) is 4.99 Å². The van der Waals surface area contributed by atoms with Gasteiger partial charge in [0.05, 0.1) is 12.1 Å². The second kappa shape index (κ2) is 8.78. The lowest BCUT2D eigenvalue weighted by atomic mass is 9.79. The predicted molar refractivity (Wildman–Crippen MR) is 89.5 cm³/mol. The van der Waals surface area contributed by atoms with E-state index in [9.17, 15) is 5.11 Å². The molecule has 1 aliphatic carbocycles. The first-order chi connectivity index (χ1) is 9.51. The van der Waals surface area contributed by atoms with Gasteiger partial charge >= 0.3 is 0 Å². The van der Waals surface area contributed by atoms with Crippen molar-refractivity contribution < 1.29 is 5.11 Å².